The minimum absolute atomic E-state index is 0.0219. The first kappa shape index (κ1) is 19.1. The minimum atomic E-state index is -0.252. The van der Waals surface area contributed by atoms with Crippen LogP contribution in [0.3, 0.4) is 0 Å². The third kappa shape index (κ3) is 3.80. The Hall–Kier alpha value is -2.84. The van der Waals surface area contributed by atoms with Gasteiger partial charge in [0.2, 0.25) is 0 Å². The topological polar surface area (TPSA) is 73.0 Å². The maximum atomic E-state index is 13.1. The lowest BCUT2D eigenvalue weighted by Crippen LogP contribution is -2.34. The first-order valence-corrected chi connectivity index (χ1v) is 10.9. The normalized spacial score (nSPS) is 16.1. The van der Waals surface area contributed by atoms with E-state index in [9.17, 15) is 9.18 Å². The van der Waals surface area contributed by atoms with E-state index in [4.69, 9.17) is 4.52 Å². The quantitative estimate of drug-likeness (QED) is 0.513. The molecule has 0 aliphatic heterocycles. The fraction of sp³-hybridized carbons (Fsp3) is 0.318. The van der Waals surface area contributed by atoms with Crippen LogP contribution in [0.5, 0.6) is 0 Å². The molecule has 1 aliphatic rings. The van der Waals surface area contributed by atoms with Gasteiger partial charge in [-0.05, 0) is 48.9 Å². The second-order valence-corrected chi connectivity index (χ2v) is 8.70. The highest BCUT2D eigenvalue weighted by Gasteiger charge is 2.25. The van der Waals surface area contributed by atoms with Crippen LogP contribution >= 0.6 is 11.3 Å². The summed E-state index contributed by atoms with van der Waals surface area (Å²) in [7, 11) is 0. The minimum Gasteiger partial charge on any atom is -0.364 e. The Morgan fingerprint density at radius 3 is 2.93 bits per heavy atom. The molecule has 6 nitrogen and oxygen atoms in total. The summed E-state index contributed by atoms with van der Waals surface area (Å²) in [5.41, 5.74) is 3.07. The van der Waals surface area contributed by atoms with E-state index in [0.717, 1.165) is 46.3 Å². The van der Waals surface area contributed by atoms with Gasteiger partial charge in [-0.2, -0.15) is 0 Å². The van der Waals surface area contributed by atoms with E-state index in [0.29, 0.717) is 25.6 Å². The highest BCUT2D eigenvalue weighted by Crippen LogP contribution is 2.33. The number of thiophene rings is 1. The molecule has 30 heavy (non-hydrogen) atoms. The average Bonchev–Trinajstić information content (AvgIpc) is 3.40. The van der Waals surface area contributed by atoms with Crippen molar-refractivity contribution >= 4 is 21.6 Å². The van der Waals surface area contributed by atoms with Crippen molar-refractivity contribution in [2.24, 2.45) is 0 Å². The lowest BCUT2D eigenvalue weighted by molar-refractivity contribution is 0.399. The zero-order valence-electron chi connectivity index (χ0n) is 16.3. The fourth-order valence-electron chi connectivity index (χ4n) is 4.01. The zero-order chi connectivity index (χ0) is 20.5. The molecule has 1 N–H and O–H groups in total. The number of aryl methyl sites for hydroxylation is 3. The molecule has 1 unspecified atom stereocenters. The summed E-state index contributed by atoms with van der Waals surface area (Å²) in [5, 5.41) is 8.24. The van der Waals surface area contributed by atoms with Crippen LogP contribution in [-0.4, -0.2) is 20.7 Å². The van der Waals surface area contributed by atoms with Gasteiger partial charge in [-0.3, -0.25) is 9.36 Å². The molecular weight excluding hydrogens is 403 g/mol. The van der Waals surface area contributed by atoms with Crippen molar-refractivity contribution in [2.75, 3.05) is 0 Å². The molecule has 0 saturated carbocycles. The molecule has 0 fully saturated rings. The molecule has 0 saturated heterocycles. The summed E-state index contributed by atoms with van der Waals surface area (Å²) in [6.45, 7) is 1.20. The van der Waals surface area contributed by atoms with Crippen LogP contribution < -0.4 is 10.9 Å². The summed E-state index contributed by atoms with van der Waals surface area (Å²) in [5.74, 6) is -0.252. The van der Waals surface area contributed by atoms with Crippen molar-refractivity contribution < 1.29 is 8.91 Å². The number of rotatable bonds is 6. The number of hydrogen-bond donors (Lipinski definition) is 1. The summed E-state index contributed by atoms with van der Waals surface area (Å²) >= 11 is 1.63. The van der Waals surface area contributed by atoms with Gasteiger partial charge in [0.15, 0.2) is 0 Å². The number of halogens is 1. The summed E-state index contributed by atoms with van der Waals surface area (Å²) in [6.07, 6.45) is 6.60. The summed E-state index contributed by atoms with van der Waals surface area (Å²) in [4.78, 5) is 19.8. The van der Waals surface area contributed by atoms with Gasteiger partial charge in [0.1, 0.15) is 16.9 Å². The number of nitrogens with one attached hydrogen (secondary N) is 1. The van der Waals surface area contributed by atoms with E-state index in [2.05, 4.69) is 15.5 Å². The number of nitrogens with zero attached hydrogens (tertiary/aromatic N) is 3. The third-order valence-corrected chi connectivity index (χ3v) is 6.82. The Balaban J connectivity index is 1.33. The van der Waals surface area contributed by atoms with Crippen molar-refractivity contribution in [3.05, 3.63) is 80.8 Å². The van der Waals surface area contributed by atoms with Crippen molar-refractivity contribution in [3.63, 3.8) is 0 Å². The van der Waals surface area contributed by atoms with Gasteiger partial charge in [-0.15, -0.1) is 11.3 Å². The van der Waals surface area contributed by atoms with Crippen LogP contribution in [-0.2, 0) is 32.4 Å². The van der Waals surface area contributed by atoms with E-state index < -0.39 is 0 Å². The highest BCUT2D eigenvalue weighted by atomic mass is 32.1. The molecule has 0 spiro atoms. The zero-order valence-corrected chi connectivity index (χ0v) is 17.1. The fourth-order valence-corrected chi connectivity index (χ4v) is 5.27. The smallest absolute Gasteiger partial charge is 0.262 e. The monoisotopic (exact) mass is 424 g/mol. The molecule has 8 heteroatoms. The van der Waals surface area contributed by atoms with E-state index in [-0.39, 0.29) is 11.4 Å². The molecule has 0 bridgehead atoms. The number of benzene rings is 1. The number of fused-ring (bicyclic) bond motifs is 3. The average molecular weight is 425 g/mol. The van der Waals surface area contributed by atoms with Crippen LogP contribution in [0.1, 0.15) is 28.1 Å². The lowest BCUT2D eigenvalue weighted by Gasteiger charge is -2.23. The van der Waals surface area contributed by atoms with Crippen molar-refractivity contribution in [1.82, 2.24) is 20.0 Å². The van der Waals surface area contributed by atoms with Gasteiger partial charge in [-0.1, -0.05) is 17.3 Å². The first-order chi connectivity index (χ1) is 14.7. The van der Waals surface area contributed by atoms with E-state index in [1.807, 2.05) is 6.07 Å². The van der Waals surface area contributed by atoms with Crippen LogP contribution in [0.15, 0.2) is 52.2 Å². The Morgan fingerprint density at radius 1 is 1.27 bits per heavy atom. The Labute approximate surface area is 176 Å². The standard InChI is InChI=1S/C22H21FN4O2S/c23-15-3-1-14(2-4-15)7-9-27-13-25-21-20(22(27)28)18-6-5-16(11-19(18)30-21)24-12-17-8-10-29-26-17/h1-4,8,10,13,16,24H,5-7,9,11-12H2. The molecule has 1 aromatic carbocycles. The van der Waals surface area contributed by atoms with E-state index >= 15 is 0 Å². The predicted molar refractivity (Wildman–Crippen MR) is 113 cm³/mol. The second kappa shape index (κ2) is 8.12. The predicted octanol–water partition coefficient (Wildman–Crippen LogP) is 3.47. The largest absolute Gasteiger partial charge is 0.364 e. The number of aromatic nitrogens is 3. The Morgan fingerprint density at radius 2 is 2.13 bits per heavy atom. The van der Waals surface area contributed by atoms with Gasteiger partial charge in [0, 0.05) is 30.1 Å². The molecule has 0 radical (unpaired) electrons. The molecule has 0 amide bonds. The number of hydrogen-bond acceptors (Lipinski definition) is 6. The van der Waals surface area contributed by atoms with Gasteiger partial charge in [0.25, 0.3) is 5.56 Å². The molecule has 154 valence electrons. The summed E-state index contributed by atoms with van der Waals surface area (Å²) in [6, 6.07) is 8.61. The van der Waals surface area contributed by atoms with Gasteiger partial charge in [-0.25, -0.2) is 9.37 Å². The molecule has 3 heterocycles. The second-order valence-electron chi connectivity index (χ2n) is 7.61. The first-order valence-electron chi connectivity index (χ1n) is 10.0. The molecule has 1 aliphatic carbocycles. The Bertz CT molecular complexity index is 1210. The highest BCUT2D eigenvalue weighted by molar-refractivity contribution is 7.18. The van der Waals surface area contributed by atoms with Crippen LogP contribution in [0.25, 0.3) is 10.2 Å². The maximum absolute atomic E-state index is 13.1. The van der Waals surface area contributed by atoms with Gasteiger partial charge >= 0.3 is 0 Å². The van der Waals surface area contributed by atoms with Crippen LogP contribution in [0.2, 0.25) is 0 Å². The molecule has 4 aromatic rings. The van der Waals surface area contributed by atoms with E-state index in [1.54, 1.807) is 40.6 Å². The Kier molecular flexibility index (Phi) is 5.18. The molecule has 3 aromatic heterocycles. The molecule has 5 rings (SSSR count). The summed E-state index contributed by atoms with van der Waals surface area (Å²) < 4.78 is 19.6. The van der Waals surface area contributed by atoms with Crippen LogP contribution in [0.4, 0.5) is 4.39 Å². The van der Waals surface area contributed by atoms with Crippen LogP contribution in [0, 0.1) is 5.82 Å². The van der Waals surface area contributed by atoms with Gasteiger partial charge in [0.05, 0.1) is 17.4 Å². The van der Waals surface area contributed by atoms with Gasteiger partial charge < -0.3 is 9.84 Å². The van der Waals surface area contributed by atoms with Crippen molar-refractivity contribution in [2.45, 2.75) is 44.8 Å². The van der Waals surface area contributed by atoms with Crippen molar-refractivity contribution in [3.8, 4) is 0 Å². The molecular formula is C22H21FN4O2S. The molecule has 1 atom stereocenters. The van der Waals surface area contributed by atoms with E-state index in [1.165, 1.54) is 17.0 Å². The lowest BCUT2D eigenvalue weighted by atomic mass is 9.93. The third-order valence-electron chi connectivity index (χ3n) is 5.65. The SMILES string of the molecule is O=c1c2c3c(sc2ncn1CCc1ccc(F)cc1)CC(NCc1ccon1)CC3. The maximum Gasteiger partial charge on any atom is 0.262 e. The van der Waals surface area contributed by atoms with Crippen molar-refractivity contribution in [1.29, 1.82) is 0 Å².